The number of Topliss-reactive ketones (excluding diaryl/α,β-unsaturated/α-hetero) is 1. The molecule has 1 aliphatic carbocycles. The standard InChI is InChI=1S/C24H18BrN3O2S2/c25-19-9-8-18(32-19)21-20-15(11-13(12-16(20)29)17-7-4-10-31-17)26-23-22(21)24(30)28(27-23)14-5-2-1-3-6-14/h1-10,13,21,26-27H,11-12H2/t13-,21-/m0/s1. The van der Waals surface area contributed by atoms with Crippen LogP contribution in [0.2, 0.25) is 0 Å². The molecule has 32 heavy (non-hydrogen) atoms. The number of aromatic nitrogens is 2. The van der Waals surface area contributed by atoms with Crippen molar-refractivity contribution < 1.29 is 4.79 Å². The van der Waals surface area contributed by atoms with Crippen LogP contribution in [0.25, 0.3) is 5.69 Å². The summed E-state index contributed by atoms with van der Waals surface area (Å²) in [6, 6.07) is 17.6. The highest BCUT2D eigenvalue weighted by atomic mass is 79.9. The number of nitrogens with zero attached hydrogens (tertiary/aromatic N) is 1. The number of halogens is 1. The predicted octanol–water partition coefficient (Wildman–Crippen LogP) is 6.01. The fraction of sp³-hybridized carbons (Fsp3) is 0.167. The molecule has 0 radical (unpaired) electrons. The number of hydrogen-bond acceptors (Lipinski definition) is 5. The van der Waals surface area contributed by atoms with E-state index in [2.05, 4.69) is 37.8 Å². The molecule has 0 amide bonds. The highest BCUT2D eigenvalue weighted by Gasteiger charge is 2.41. The molecule has 8 heteroatoms. The molecule has 160 valence electrons. The van der Waals surface area contributed by atoms with Gasteiger partial charge < -0.3 is 5.32 Å². The minimum absolute atomic E-state index is 0.115. The number of H-pyrrole nitrogens is 1. The van der Waals surface area contributed by atoms with Crippen LogP contribution in [0.1, 0.15) is 40.0 Å². The fourth-order valence-corrected chi connectivity index (χ4v) is 7.12. The van der Waals surface area contributed by atoms with E-state index in [9.17, 15) is 9.59 Å². The van der Waals surface area contributed by atoms with E-state index in [1.54, 1.807) is 27.4 Å². The van der Waals surface area contributed by atoms with Crippen molar-refractivity contribution in [1.82, 2.24) is 9.78 Å². The van der Waals surface area contributed by atoms with Gasteiger partial charge in [-0.3, -0.25) is 14.7 Å². The minimum Gasteiger partial charge on any atom is -0.343 e. The zero-order valence-electron chi connectivity index (χ0n) is 16.8. The molecule has 0 spiro atoms. The first-order valence-electron chi connectivity index (χ1n) is 10.3. The molecule has 0 fully saturated rings. The number of nitrogens with one attached hydrogen (secondary N) is 2. The van der Waals surface area contributed by atoms with Crippen molar-refractivity contribution in [2.45, 2.75) is 24.7 Å². The minimum atomic E-state index is -0.372. The molecule has 1 aliphatic heterocycles. The third-order valence-electron chi connectivity index (χ3n) is 6.13. The highest BCUT2D eigenvalue weighted by Crippen LogP contribution is 2.48. The summed E-state index contributed by atoms with van der Waals surface area (Å²) in [5, 5.41) is 8.76. The normalized spacial score (nSPS) is 20.1. The summed E-state index contributed by atoms with van der Waals surface area (Å²) in [5.74, 6) is 0.577. The average Bonchev–Trinajstić information content (AvgIpc) is 3.54. The maximum Gasteiger partial charge on any atom is 0.277 e. The van der Waals surface area contributed by atoms with Gasteiger partial charge in [0.15, 0.2) is 5.78 Å². The number of hydrogen-bond donors (Lipinski definition) is 2. The zero-order valence-corrected chi connectivity index (χ0v) is 20.0. The maximum atomic E-state index is 13.6. The van der Waals surface area contributed by atoms with Crippen molar-refractivity contribution in [1.29, 1.82) is 0 Å². The number of carbonyl (C=O) groups is 1. The van der Waals surface area contributed by atoms with Crippen LogP contribution in [0, 0.1) is 0 Å². The first kappa shape index (κ1) is 20.0. The van der Waals surface area contributed by atoms with Crippen LogP contribution in [0.4, 0.5) is 5.82 Å². The van der Waals surface area contributed by atoms with E-state index < -0.39 is 0 Å². The molecular weight excluding hydrogens is 506 g/mol. The topological polar surface area (TPSA) is 66.9 Å². The van der Waals surface area contributed by atoms with Gasteiger partial charge in [-0.1, -0.05) is 24.3 Å². The summed E-state index contributed by atoms with van der Waals surface area (Å²) >= 11 is 6.81. The number of anilines is 1. The van der Waals surface area contributed by atoms with Gasteiger partial charge in [-0.25, -0.2) is 4.68 Å². The number of ketones is 1. The van der Waals surface area contributed by atoms with Crippen molar-refractivity contribution in [2.24, 2.45) is 0 Å². The van der Waals surface area contributed by atoms with Gasteiger partial charge in [-0.2, -0.15) is 0 Å². The number of allylic oxidation sites excluding steroid dienone is 2. The van der Waals surface area contributed by atoms with Gasteiger partial charge >= 0.3 is 0 Å². The Morgan fingerprint density at radius 1 is 0.969 bits per heavy atom. The molecule has 0 saturated carbocycles. The highest BCUT2D eigenvalue weighted by molar-refractivity contribution is 9.11. The number of aromatic amines is 1. The van der Waals surface area contributed by atoms with Crippen LogP contribution >= 0.6 is 38.6 Å². The van der Waals surface area contributed by atoms with E-state index in [1.165, 1.54) is 4.88 Å². The molecule has 4 heterocycles. The van der Waals surface area contributed by atoms with Crippen LogP contribution in [-0.4, -0.2) is 15.6 Å². The predicted molar refractivity (Wildman–Crippen MR) is 132 cm³/mol. The smallest absolute Gasteiger partial charge is 0.277 e. The van der Waals surface area contributed by atoms with Crippen molar-refractivity contribution in [3.8, 4) is 5.69 Å². The molecule has 2 aliphatic rings. The van der Waals surface area contributed by atoms with Gasteiger partial charge in [0.2, 0.25) is 0 Å². The Bertz CT molecular complexity index is 1410. The summed E-state index contributed by atoms with van der Waals surface area (Å²) in [7, 11) is 0. The molecule has 2 N–H and O–H groups in total. The lowest BCUT2D eigenvalue weighted by atomic mass is 9.76. The number of thiophene rings is 2. The van der Waals surface area contributed by atoms with E-state index in [1.807, 2.05) is 48.5 Å². The van der Waals surface area contributed by atoms with Gasteiger partial charge in [0.1, 0.15) is 5.82 Å². The van der Waals surface area contributed by atoms with Crippen LogP contribution in [0.3, 0.4) is 0 Å². The van der Waals surface area contributed by atoms with Gasteiger partial charge in [0.05, 0.1) is 21.0 Å². The molecule has 0 bridgehead atoms. The first-order valence-corrected chi connectivity index (χ1v) is 12.8. The Kier molecular flexibility index (Phi) is 4.82. The van der Waals surface area contributed by atoms with Crippen LogP contribution in [0.5, 0.6) is 0 Å². The molecule has 2 atom stereocenters. The number of para-hydroxylation sites is 1. The van der Waals surface area contributed by atoms with Crippen molar-refractivity contribution in [2.75, 3.05) is 5.32 Å². The monoisotopic (exact) mass is 523 g/mol. The summed E-state index contributed by atoms with van der Waals surface area (Å²) in [4.78, 5) is 29.3. The third-order valence-corrected chi connectivity index (χ3v) is 8.85. The zero-order chi connectivity index (χ0) is 21.8. The largest absolute Gasteiger partial charge is 0.343 e. The van der Waals surface area contributed by atoms with Crippen molar-refractivity contribution in [3.05, 3.63) is 101 Å². The van der Waals surface area contributed by atoms with E-state index >= 15 is 0 Å². The van der Waals surface area contributed by atoms with Crippen LogP contribution in [-0.2, 0) is 4.79 Å². The van der Waals surface area contributed by atoms with Gasteiger partial charge in [-0.15, -0.1) is 22.7 Å². The maximum absolute atomic E-state index is 13.6. The van der Waals surface area contributed by atoms with E-state index in [0.29, 0.717) is 17.8 Å². The number of fused-ring (bicyclic) bond motifs is 1. The second-order valence-electron chi connectivity index (χ2n) is 8.01. The van der Waals surface area contributed by atoms with Gasteiger partial charge in [0, 0.05) is 33.4 Å². The summed E-state index contributed by atoms with van der Waals surface area (Å²) in [5.41, 5.74) is 2.89. The quantitative estimate of drug-likeness (QED) is 0.345. The summed E-state index contributed by atoms with van der Waals surface area (Å²) in [6.07, 6.45) is 1.22. The van der Waals surface area contributed by atoms with Crippen LogP contribution in [0.15, 0.2) is 79.8 Å². The number of carbonyl (C=O) groups excluding carboxylic acids is 1. The Hall–Kier alpha value is -2.68. The average molecular weight is 524 g/mol. The van der Waals surface area contributed by atoms with Crippen molar-refractivity contribution in [3.63, 3.8) is 0 Å². The van der Waals surface area contributed by atoms with Crippen molar-refractivity contribution >= 4 is 50.2 Å². The Labute approximate surface area is 200 Å². The summed E-state index contributed by atoms with van der Waals surface area (Å²) < 4.78 is 2.54. The molecule has 0 unspecified atom stereocenters. The lowest BCUT2D eigenvalue weighted by Gasteiger charge is -2.33. The molecule has 4 aromatic rings. The third kappa shape index (κ3) is 3.17. The molecule has 0 saturated heterocycles. The van der Waals surface area contributed by atoms with Gasteiger partial charge in [-0.05, 0) is 58.1 Å². The molecular formula is C24H18BrN3O2S2. The summed E-state index contributed by atoms with van der Waals surface area (Å²) in [6.45, 7) is 0. The number of benzene rings is 1. The molecule has 6 rings (SSSR count). The Morgan fingerprint density at radius 3 is 2.53 bits per heavy atom. The lowest BCUT2D eigenvalue weighted by Crippen LogP contribution is -2.31. The lowest BCUT2D eigenvalue weighted by molar-refractivity contribution is -0.116. The second kappa shape index (κ2) is 7.72. The fourth-order valence-electron chi connectivity index (χ4n) is 4.74. The second-order valence-corrected chi connectivity index (χ2v) is 11.5. The van der Waals surface area contributed by atoms with E-state index in [4.69, 9.17) is 0 Å². The van der Waals surface area contributed by atoms with E-state index in [0.717, 1.165) is 32.0 Å². The molecule has 3 aromatic heterocycles. The Morgan fingerprint density at radius 2 is 1.81 bits per heavy atom. The SMILES string of the molecule is O=C1C[C@@H](c2cccs2)CC2=C1[C@H](c1ccc(Br)s1)c1c([nH]n(-c3ccccc3)c1=O)N2. The van der Waals surface area contributed by atoms with E-state index in [-0.39, 0.29) is 23.2 Å². The first-order chi connectivity index (χ1) is 15.6. The van der Waals surface area contributed by atoms with Crippen LogP contribution < -0.4 is 10.9 Å². The molecule has 1 aromatic carbocycles. The van der Waals surface area contributed by atoms with Gasteiger partial charge in [0.25, 0.3) is 5.56 Å². The Balaban J connectivity index is 1.52. The number of rotatable bonds is 3. The molecule has 5 nitrogen and oxygen atoms in total.